The van der Waals surface area contributed by atoms with E-state index >= 15 is 0 Å². The molecule has 0 bridgehead atoms. The van der Waals surface area contributed by atoms with Crippen LogP contribution in [-0.4, -0.2) is 24.1 Å². The van der Waals surface area contributed by atoms with Crippen molar-refractivity contribution < 1.29 is 9.47 Å². The predicted octanol–water partition coefficient (Wildman–Crippen LogP) is 2.24. The highest BCUT2D eigenvalue weighted by molar-refractivity contribution is 5.29. The average molecular weight is 259 g/mol. The standard InChI is InChI=1S/C14H17N3O2/c1-15-14-8-16-12(7-17-14)10-19-9-11-3-5-13(18-2)6-4-11/h3-8H,9-10H2,1-2H3,(H,15,17). The van der Waals surface area contributed by atoms with Gasteiger partial charge in [0.15, 0.2) is 0 Å². The van der Waals surface area contributed by atoms with Gasteiger partial charge in [-0.05, 0) is 17.7 Å². The van der Waals surface area contributed by atoms with Crippen LogP contribution in [0.25, 0.3) is 0 Å². The first kappa shape index (κ1) is 13.3. The van der Waals surface area contributed by atoms with E-state index in [0.29, 0.717) is 13.2 Å². The molecule has 1 aromatic carbocycles. The third-order valence-electron chi connectivity index (χ3n) is 2.64. The normalized spacial score (nSPS) is 10.2. The van der Waals surface area contributed by atoms with E-state index in [9.17, 15) is 0 Å². The van der Waals surface area contributed by atoms with Gasteiger partial charge in [0.05, 0.1) is 38.4 Å². The lowest BCUT2D eigenvalue weighted by atomic mass is 10.2. The van der Waals surface area contributed by atoms with Crippen molar-refractivity contribution in [2.75, 3.05) is 19.5 Å². The van der Waals surface area contributed by atoms with Crippen LogP contribution >= 0.6 is 0 Å². The number of ether oxygens (including phenoxy) is 2. The highest BCUT2D eigenvalue weighted by Gasteiger charge is 1.98. The first-order valence-electron chi connectivity index (χ1n) is 6.01. The van der Waals surface area contributed by atoms with Crippen LogP contribution in [-0.2, 0) is 18.0 Å². The van der Waals surface area contributed by atoms with Crippen LogP contribution in [0.5, 0.6) is 5.75 Å². The summed E-state index contributed by atoms with van der Waals surface area (Å²) in [4.78, 5) is 8.41. The molecule has 5 nitrogen and oxygen atoms in total. The number of methoxy groups -OCH3 is 1. The van der Waals surface area contributed by atoms with Gasteiger partial charge in [0.1, 0.15) is 11.6 Å². The summed E-state index contributed by atoms with van der Waals surface area (Å²) < 4.78 is 10.7. The van der Waals surface area contributed by atoms with E-state index in [1.54, 1.807) is 19.5 Å². The van der Waals surface area contributed by atoms with Crippen molar-refractivity contribution in [1.82, 2.24) is 9.97 Å². The monoisotopic (exact) mass is 259 g/mol. The van der Waals surface area contributed by atoms with Crippen LogP contribution in [0.15, 0.2) is 36.7 Å². The number of hydrogen-bond donors (Lipinski definition) is 1. The van der Waals surface area contributed by atoms with Gasteiger partial charge in [-0.3, -0.25) is 4.98 Å². The van der Waals surface area contributed by atoms with E-state index in [0.717, 1.165) is 22.8 Å². The number of nitrogens with one attached hydrogen (secondary N) is 1. The molecule has 0 atom stereocenters. The third-order valence-corrected chi connectivity index (χ3v) is 2.64. The Morgan fingerprint density at radius 3 is 2.42 bits per heavy atom. The minimum atomic E-state index is 0.447. The number of hydrogen-bond acceptors (Lipinski definition) is 5. The van der Waals surface area contributed by atoms with Crippen LogP contribution in [0, 0.1) is 0 Å². The molecular formula is C14H17N3O2. The summed E-state index contributed by atoms with van der Waals surface area (Å²) in [6.07, 6.45) is 3.39. The van der Waals surface area contributed by atoms with Crippen molar-refractivity contribution in [2.45, 2.75) is 13.2 Å². The molecule has 0 aliphatic rings. The maximum atomic E-state index is 5.59. The van der Waals surface area contributed by atoms with Gasteiger partial charge in [-0.15, -0.1) is 0 Å². The molecular weight excluding hydrogens is 242 g/mol. The summed E-state index contributed by atoms with van der Waals surface area (Å²) in [6, 6.07) is 7.80. The second kappa shape index (κ2) is 6.70. The Morgan fingerprint density at radius 1 is 1.05 bits per heavy atom. The maximum Gasteiger partial charge on any atom is 0.144 e. The molecule has 0 aliphatic heterocycles. The lowest BCUT2D eigenvalue weighted by molar-refractivity contribution is 0.104. The fourth-order valence-electron chi connectivity index (χ4n) is 1.55. The Morgan fingerprint density at radius 2 is 1.84 bits per heavy atom. The highest BCUT2D eigenvalue weighted by Crippen LogP contribution is 2.12. The first-order chi connectivity index (χ1) is 9.31. The summed E-state index contributed by atoms with van der Waals surface area (Å²) in [5.41, 5.74) is 1.91. The van der Waals surface area contributed by atoms with Gasteiger partial charge in [0.2, 0.25) is 0 Å². The Labute approximate surface area is 112 Å². The quantitative estimate of drug-likeness (QED) is 0.862. The summed E-state index contributed by atoms with van der Waals surface area (Å²) in [5.74, 6) is 1.59. The Balaban J connectivity index is 1.81. The molecule has 0 fully saturated rings. The molecule has 0 saturated carbocycles. The van der Waals surface area contributed by atoms with Gasteiger partial charge in [-0.25, -0.2) is 4.98 Å². The van der Waals surface area contributed by atoms with Crippen molar-refractivity contribution in [3.8, 4) is 5.75 Å². The Bertz CT molecular complexity index is 450. The van der Waals surface area contributed by atoms with Crippen LogP contribution in [0.2, 0.25) is 0 Å². The number of rotatable bonds is 6. The molecule has 0 aliphatic carbocycles. The fourth-order valence-corrected chi connectivity index (χ4v) is 1.55. The molecule has 0 unspecified atom stereocenters. The second-order valence-electron chi connectivity index (χ2n) is 3.98. The van der Waals surface area contributed by atoms with Crippen molar-refractivity contribution in [3.05, 3.63) is 47.9 Å². The van der Waals surface area contributed by atoms with E-state index in [-0.39, 0.29) is 0 Å². The van der Waals surface area contributed by atoms with E-state index in [4.69, 9.17) is 9.47 Å². The molecule has 1 heterocycles. The highest BCUT2D eigenvalue weighted by atomic mass is 16.5. The first-order valence-corrected chi connectivity index (χ1v) is 6.01. The van der Waals surface area contributed by atoms with E-state index in [1.165, 1.54) is 0 Å². The van der Waals surface area contributed by atoms with Gasteiger partial charge < -0.3 is 14.8 Å². The van der Waals surface area contributed by atoms with Crippen LogP contribution in [0.1, 0.15) is 11.3 Å². The summed E-state index contributed by atoms with van der Waals surface area (Å²) >= 11 is 0. The third kappa shape index (κ3) is 3.93. The lowest BCUT2D eigenvalue weighted by Gasteiger charge is -2.05. The summed E-state index contributed by atoms with van der Waals surface area (Å²) in [6.45, 7) is 0.989. The second-order valence-corrected chi connectivity index (χ2v) is 3.98. The molecule has 1 aromatic heterocycles. The molecule has 5 heteroatoms. The zero-order valence-corrected chi connectivity index (χ0v) is 11.1. The summed E-state index contributed by atoms with van der Waals surface area (Å²) in [7, 11) is 3.46. The van der Waals surface area contributed by atoms with Crippen molar-refractivity contribution in [1.29, 1.82) is 0 Å². The Kier molecular flexibility index (Phi) is 4.69. The van der Waals surface area contributed by atoms with Crippen molar-refractivity contribution in [2.24, 2.45) is 0 Å². The molecule has 2 aromatic rings. The van der Waals surface area contributed by atoms with E-state index in [1.807, 2.05) is 31.3 Å². The largest absolute Gasteiger partial charge is 0.497 e. The number of benzene rings is 1. The minimum Gasteiger partial charge on any atom is -0.497 e. The molecule has 0 amide bonds. The van der Waals surface area contributed by atoms with Crippen LogP contribution in [0.3, 0.4) is 0 Å². The fraction of sp³-hybridized carbons (Fsp3) is 0.286. The zero-order chi connectivity index (χ0) is 13.5. The average Bonchev–Trinajstić information content (AvgIpc) is 2.49. The number of nitrogens with zero attached hydrogens (tertiary/aromatic N) is 2. The molecule has 0 radical (unpaired) electrons. The van der Waals surface area contributed by atoms with E-state index in [2.05, 4.69) is 15.3 Å². The van der Waals surface area contributed by atoms with Gasteiger partial charge >= 0.3 is 0 Å². The molecule has 19 heavy (non-hydrogen) atoms. The molecule has 1 N–H and O–H groups in total. The van der Waals surface area contributed by atoms with Crippen LogP contribution in [0.4, 0.5) is 5.82 Å². The minimum absolute atomic E-state index is 0.447. The smallest absolute Gasteiger partial charge is 0.144 e. The SMILES string of the molecule is CNc1cnc(COCc2ccc(OC)cc2)cn1. The molecule has 100 valence electrons. The van der Waals surface area contributed by atoms with E-state index < -0.39 is 0 Å². The Hall–Kier alpha value is -2.14. The zero-order valence-electron chi connectivity index (χ0n) is 11.1. The molecule has 0 spiro atoms. The number of anilines is 1. The van der Waals surface area contributed by atoms with Crippen molar-refractivity contribution in [3.63, 3.8) is 0 Å². The van der Waals surface area contributed by atoms with Gasteiger partial charge in [-0.2, -0.15) is 0 Å². The van der Waals surface area contributed by atoms with Crippen LogP contribution < -0.4 is 10.1 Å². The maximum absolute atomic E-state index is 5.59. The topological polar surface area (TPSA) is 56.3 Å². The van der Waals surface area contributed by atoms with Gasteiger partial charge in [0, 0.05) is 7.05 Å². The lowest BCUT2D eigenvalue weighted by Crippen LogP contribution is -1.99. The summed E-state index contributed by atoms with van der Waals surface area (Å²) in [5, 5.41) is 2.92. The van der Waals surface area contributed by atoms with Gasteiger partial charge in [-0.1, -0.05) is 12.1 Å². The molecule has 0 saturated heterocycles. The number of aromatic nitrogens is 2. The van der Waals surface area contributed by atoms with Crippen molar-refractivity contribution >= 4 is 5.82 Å². The molecule has 2 rings (SSSR count). The predicted molar refractivity (Wildman–Crippen MR) is 73.1 cm³/mol. The van der Waals surface area contributed by atoms with Gasteiger partial charge in [0.25, 0.3) is 0 Å².